The molecule has 22 heavy (non-hydrogen) atoms. The predicted molar refractivity (Wildman–Crippen MR) is 83.2 cm³/mol. The molecular formula is C18H17NO3. The van der Waals surface area contributed by atoms with E-state index in [-0.39, 0.29) is 17.7 Å². The van der Waals surface area contributed by atoms with E-state index in [1.54, 1.807) is 31.4 Å². The molecule has 0 fully saturated rings. The minimum Gasteiger partial charge on any atom is -0.496 e. The predicted octanol–water partition coefficient (Wildman–Crippen LogP) is 3.09. The molecule has 1 atom stereocenters. The van der Waals surface area contributed by atoms with Crippen LogP contribution in [0, 0.1) is 0 Å². The lowest BCUT2D eigenvalue weighted by molar-refractivity contribution is 0.0646. The van der Waals surface area contributed by atoms with Gasteiger partial charge in [-0.2, -0.15) is 0 Å². The number of carbonyl (C=O) groups excluding carboxylic acids is 2. The Bertz CT molecular complexity index is 704. The zero-order chi connectivity index (χ0) is 15.7. The second-order valence-electron chi connectivity index (χ2n) is 5.41. The molecule has 0 N–H and O–H groups in total. The summed E-state index contributed by atoms with van der Waals surface area (Å²) in [5.74, 6) is 0.328. The molecule has 4 heteroatoms. The maximum absolute atomic E-state index is 12.4. The summed E-state index contributed by atoms with van der Waals surface area (Å²) in [6, 6.07) is 14.6. The summed E-state index contributed by atoms with van der Waals surface area (Å²) in [7, 11) is 1.62. The number of methoxy groups -OCH3 is 1. The highest BCUT2D eigenvalue weighted by atomic mass is 16.5. The molecular weight excluding hydrogens is 278 g/mol. The van der Waals surface area contributed by atoms with Gasteiger partial charge in [0.1, 0.15) is 5.75 Å². The van der Waals surface area contributed by atoms with Crippen LogP contribution in [0.4, 0.5) is 0 Å². The highest BCUT2D eigenvalue weighted by molar-refractivity contribution is 6.21. The van der Waals surface area contributed by atoms with E-state index < -0.39 is 0 Å². The second-order valence-corrected chi connectivity index (χ2v) is 5.41. The molecule has 0 aliphatic carbocycles. The van der Waals surface area contributed by atoms with Crippen molar-refractivity contribution in [3.8, 4) is 5.75 Å². The van der Waals surface area contributed by atoms with Crippen LogP contribution in [0.15, 0.2) is 48.5 Å². The molecule has 2 aromatic rings. The third-order valence-electron chi connectivity index (χ3n) is 4.00. The highest BCUT2D eigenvalue weighted by Gasteiger charge is 2.36. The lowest BCUT2D eigenvalue weighted by Gasteiger charge is -2.21. The van der Waals surface area contributed by atoms with E-state index in [0.717, 1.165) is 11.3 Å². The van der Waals surface area contributed by atoms with Gasteiger partial charge in [-0.3, -0.25) is 14.5 Å². The monoisotopic (exact) mass is 295 g/mol. The first-order valence-electron chi connectivity index (χ1n) is 7.21. The van der Waals surface area contributed by atoms with Crippen molar-refractivity contribution in [1.82, 2.24) is 4.90 Å². The number of rotatable bonds is 4. The molecule has 112 valence electrons. The third kappa shape index (κ3) is 2.26. The van der Waals surface area contributed by atoms with E-state index in [0.29, 0.717) is 17.7 Å². The van der Waals surface area contributed by atoms with Gasteiger partial charge in [0.2, 0.25) is 0 Å². The van der Waals surface area contributed by atoms with Gasteiger partial charge < -0.3 is 4.74 Å². The highest BCUT2D eigenvalue weighted by Crippen LogP contribution is 2.30. The quantitative estimate of drug-likeness (QED) is 0.814. The van der Waals surface area contributed by atoms with Crippen molar-refractivity contribution < 1.29 is 14.3 Å². The maximum Gasteiger partial charge on any atom is 0.261 e. The Morgan fingerprint density at radius 1 is 0.955 bits per heavy atom. The lowest BCUT2D eigenvalue weighted by Crippen LogP contribution is -2.33. The van der Waals surface area contributed by atoms with Crippen LogP contribution in [0.25, 0.3) is 0 Å². The summed E-state index contributed by atoms with van der Waals surface area (Å²) in [6.45, 7) is 2.33. The van der Waals surface area contributed by atoms with E-state index in [2.05, 4.69) is 0 Å². The molecule has 2 aromatic carbocycles. The van der Waals surface area contributed by atoms with Gasteiger partial charge in [-0.1, -0.05) is 37.3 Å². The number of ether oxygens (including phenoxy) is 1. The Morgan fingerprint density at radius 3 is 2.09 bits per heavy atom. The lowest BCUT2D eigenvalue weighted by atomic mass is 9.99. The summed E-state index contributed by atoms with van der Waals surface area (Å²) >= 11 is 0. The van der Waals surface area contributed by atoms with Gasteiger partial charge in [0.25, 0.3) is 11.8 Å². The van der Waals surface area contributed by atoms with Crippen molar-refractivity contribution in [1.29, 1.82) is 0 Å². The topological polar surface area (TPSA) is 46.6 Å². The SMILES string of the molecule is COc1ccccc1C(C)CN1C(=O)c2ccccc2C1=O. The first-order valence-corrected chi connectivity index (χ1v) is 7.21. The van der Waals surface area contributed by atoms with Crippen molar-refractivity contribution in [3.63, 3.8) is 0 Å². The number of imide groups is 1. The fourth-order valence-corrected chi connectivity index (χ4v) is 2.85. The van der Waals surface area contributed by atoms with Gasteiger partial charge in [0, 0.05) is 12.5 Å². The molecule has 0 spiro atoms. The van der Waals surface area contributed by atoms with Gasteiger partial charge in [0.05, 0.1) is 18.2 Å². The number of benzene rings is 2. The van der Waals surface area contributed by atoms with Crippen LogP contribution in [0.2, 0.25) is 0 Å². The normalized spacial score (nSPS) is 14.9. The van der Waals surface area contributed by atoms with Crippen molar-refractivity contribution in [3.05, 3.63) is 65.2 Å². The summed E-state index contributed by atoms with van der Waals surface area (Å²) < 4.78 is 5.36. The number of amides is 2. The van der Waals surface area contributed by atoms with E-state index in [4.69, 9.17) is 4.74 Å². The fourth-order valence-electron chi connectivity index (χ4n) is 2.85. The van der Waals surface area contributed by atoms with Crippen molar-refractivity contribution in [2.24, 2.45) is 0 Å². The van der Waals surface area contributed by atoms with Crippen LogP contribution < -0.4 is 4.74 Å². The maximum atomic E-state index is 12.4. The smallest absolute Gasteiger partial charge is 0.261 e. The number of hydrogen-bond donors (Lipinski definition) is 0. The van der Waals surface area contributed by atoms with Crippen LogP contribution in [0.3, 0.4) is 0 Å². The average Bonchev–Trinajstić information content (AvgIpc) is 2.80. The van der Waals surface area contributed by atoms with E-state index in [1.807, 2.05) is 31.2 Å². The zero-order valence-electron chi connectivity index (χ0n) is 12.6. The Hall–Kier alpha value is -2.62. The first kappa shape index (κ1) is 14.3. The summed E-state index contributed by atoms with van der Waals surface area (Å²) in [5.41, 5.74) is 1.96. The van der Waals surface area contributed by atoms with Crippen molar-refractivity contribution >= 4 is 11.8 Å². The minimum absolute atomic E-state index is 0.00152. The molecule has 0 radical (unpaired) electrons. The van der Waals surface area contributed by atoms with Gasteiger partial charge in [-0.05, 0) is 23.8 Å². The van der Waals surface area contributed by atoms with Crippen LogP contribution in [-0.4, -0.2) is 30.4 Å². The third-order valence-corrected chi connectivity index (χ3v) is 4.00. The van der Waals surface area contributed by atoms with Crippen LogP contribution in [0.1, 0.15) is 39.1 Å². The van der Waals surface area contributed by atoms with Gasteiger partial charge in [-0.15, -0.1) is 0 Å². The molecule has 1 heterocycles. The fraction of sp³-hybridized carbons (Fsp3) is 0.222. The molecule has 0 bridgehead atoms. The van der Waals surface area contributed by atoms with Crippen molar-refractivity contribution in [2.45, 2.75) is 12.8 Å². The van der Waals surface area contributed by atoms with Gasteiger partial charge in [0.15, 0.2) is 0 Å². The van der Waals surface area contributed by atoms with E-state index in [1.165, 1.54) is 4.90 Å². The molecule has 3 rings (SSSR count). The van der Waals surface area contributed by atoms with E-state index in [9.17, 15) is 9.59 Å². The molecule has 0 saturated heterocycles. The molecule has 2 amide bonds. The first-order chi connectivity index (χ1) is 10.6. The second kappa shape index (κ2) is 5.64. The number of fused-ring (bicyclic) bond motifs is 1. The van der Waals surface area contributed by atoms with Gasteiger partial charge >= 0.3 is 0 Å². The summed E-state index contributed by atoms with van der Waals surface area (Å²) in [4.78, 5) is 26.1. The summed E-state index contributed by atoms with van der Waals surface area (Å²) in [5, 5.41) is 0. The number of nitrogens with zero attached hydrogens (tertiary/aromatic N) is 1. The Morgan fingerprint density at radius 2 is 1.50 bits per heavy atom. The molecule has 1 unspecified atom stereocenters. The molecule has 1 aliphatic rings. The van der Waals surface area contributed by atoms with Gasteiger partial charge in [-0.25, -0.2) is 0 Å². The molecule has 1 aliphatic heterocycles. The Kier molecular flexibility index (Phi) is 3.67. The van der Waals surface area contributed by atoms with Crippen LogP contribution in [-0.2, 0) is 0 Å². The minimum atomic E-state index is -0.220. The largest absolute Gasteiger partial charge is 0.496 e. The molecule has 4 nitrogen and oxygen atoms in total. The number of hydrogen-bond acceptors (Lipinski definition) is 3. The summed E-state index contributed by atoms with van der Waals surface area (Å²) in [6.07, 6.45) is 0. The Balaban J connectivity index is 1.85. The standard InChI is InChI=1S/C18H17NO3/c1-12(13-7-5-6-10-16(13)22-2)11-19-17(20)14-8-3-4-9-15(14)18(19)21/h3-10,12H,11H2,1-2H3. The molecule has 0 aromatic heterocycles. The Labute approximate surface area is 129 Å². The van der Waals surface area contributed by atoms with Crippen LogP contribution in [0.5, 0.6) is 5.75 Å². The molecule has 0 saturated carbocycles. The van der Waals surface area contributed by atoms with Crippen LogP contribution >= 0.6 is 0 Å². The zero-order valence-corrected chi connectivity index (χ0v) is 12.6. The van der Waals surface area contributed by atoms with E-state index >= 15 is 0 Å². The number of para-hydroxylation sites is 1. The number of carbonyl (C=O) groups is 2. The average molecular weight is 295 g/mol. The van der Waals surface area contributed by atoms with Crippen molar-refractivity contribution in [2.75, 3.05) is 13.7 Å².